The van der Waals surface area contributed by atoms with Crippen LogP contribution in [0.2, 0.25) is 0 Å². The van der Waals surface area contributed by atoms with Crippen molar-refractivity contribution in [2.45, 2.75) is 6.54 Å². The lowest BCUT2D eigenvalue weighted by Gasteiger charge is -2.01. The first-order valence-corrected chi connectivity index (χ1v) is 5.72. The van der Waals surface area contributed by atoms with Crippen LogP contribution in [0.1, 0.15) is 10.5 Å². The fourth-order valence-electron chi connectivity index (χ4n) is 1.50. The molecule has 0 aliphatic heterocycles. The molecule has 0 saturated carbocycles. The second kappa shape index (κ2) is 5.86. The number of methoxy groups -OCH3 is 1. The quantitative estimate of drug-likeness (QED) is 0.598. The number of amides is 1. The number of esters is 1. The molecule has 2 heterocycles. The molecule has 2 aromatic heterocycles. The number of anilines is 1. The van der Waals surface area contributed by atoms with Gasteiger partial charge in [-0.25, -0.2) is 4.79 Å². The lowest BCUT2D eigenvalue weighted by molar-refractivity contribution is -0.141. The van der Waals surface area contributed by atoms with E-state index in [2.05, 4.69) is 20.1 Å². The highest BCUT2D eigenvalue weighted by atomic mass is 16.5. The normalized spacial score (nSPS) is 10.1. The predicted octanol–water partition coefficient (Wildman–Crippen LogP) is -1.31. The maximum atomic E-state index is 11.8. The highest BCUT2D eigenvalue weighted by Crippen LogP contribution is 2.06. The average Bonchev–Trinajstić information content (AvgIpc) is 2.84. The third-order valence-electron chi connectivity index (χ3n) is 2.41. The van der Waals surface area contributed by atoms with Crippen LogP contribution in [0, 0.1) is 0 Å². The topological polar surface area (TPSA) is 139 Å². The first-order chi connectivity index (χ1) is 9.97. The largest absolute Gasteiger partial charge is 0.468 e. The Morgan fingerprint density at radius 1 is 1.38 bits per heavy atom. The van der Waals surface area contributed by atoms with E-state index in [1.54, 1.807) is 0 Å². The maximum absolute atomic E-state index is 11.8. The van der Waals surface area contributed by atoms with Crippen molar-refractivity contribution >= 4 is 17.6 Å². The molecule has 10 nitrogen and oxygen atoms in total. The number of rotatable bonds is 4. The van der Waals surface area contributed by atoms with E-state index in [4.69, 9.17) is 0 Å². The molecule has 0 fully saturated rings. The summed E-state index contributed by atoms with van der Waals surface area (Å²) in [6.45, 7) is -0.103. The molecule has 2 aromatic rings. The third kappa shape index (κ3) is 3.65. The van der Waals surface area contributed by atoms with Gasteiger partial charge in [-0.3, -0.25) is 24.0 Å². The monoisotopic (exact) mass is 293 g/mol. The van der Waals surface area contributed by atoms with Gasteiger partial charge in [0, 0.05) is 12.3 Å². The van der Waals surface area contributed by atoms with Gasteiger partial charge in [-0.1, -0.05) is 0 Å². The zero-order chi connectivity index (χ0) is 15.4. The predicted molar refractivity (Wildman–Crippen MR) is 69.9 cm³/mol. The summed E-state index contributed by atoms with van der Waals surface area (Å²) in [5, 5.41) is 6.27. The van der Waals surface area contributed by atoms with Gasteiger partial charge in [0.1, 0.15) is 12.2 Å². The van der Waals surface area contributed by atoms with Crippen LogP contribution in [0.15, 0.2) is 28.0 Å². The number of carbonyl (C=O) groups excluding carboxylic acids is 2. The Balaban J connectivity index is 2.11. The Hall–Kier alpha value is -3.17. The number of ether oxygens (including phenoxy) is 1. The van der Waals surface area contributed by atoms with Gasteiger partial charge < -0.3 is 15.0 Å². The van der Waals surface area contributed by atoms with Gasteiger partial charge in [0.05, 0.1) is 19.0 Å². The number of nitrogens with one attached hydrogen (secondary N) is 3. The molecule has 10 heteroatoms. The highest BCUT2D eigenvalue weighted by molar-refractivity contribution is 6.02. The molecule has 0 aliphatic rings. The van der Waals surface area contributed by atoms with Crippen molar-refractivity contribution < 1.29 is 14.3 Å². The number of H-pyrrole nitrogens is 2. The number of aromatic nitrogens is 4. The van der Waals surface area contributed by atoms with Crippen molar-refractivity contribution in [1.29, 1.82) is 0 Å². The fraction of sp³-hybridized carbons (Fsp3) is 0.182. The first-order valence-electron chi connectivity index (χ1n) is 5.72. The van der Waals surface area contributed by atoms with E-state index >= 15 is 0 Å². The van der Waals surface area contributed by atoms with Crippen molar-refractivity contribution in [3.63, 3.8) is 0 Å². The summed E-state index contributed by atoms with van der Waals surface area (Å²) in [5.74, 6) is -1.18. The maximum Gasteiger partial charge on any atom is 0.327 e. The summed E-state index contributed by atoms with van der Waals surface area (Å²) in [6, 6.07) is 0.954. The van der Waals surface area contributed by atoms with E-state index in [9.17, 15) is 19.2 Å². The SMILES string of the molecule is COC(=O)Cn1cc(NC(=O)c2cc(=O)[nH]c(=O)[nH]2)cn1. The first kappa shape index (κ1) is 14.2. The molecule has 110 valence electrons. The number of carbonyl (C=O) groups is 2. The van der Waals surface area contributed by atoms with Gasteiger partial charge in [0.2, 0.25) is 0 Å². The Labute approximate surface area is 116 Å². The molecule has 0 aliphatic carbocycles. The van der Waals surface area contributed by atoms with Crippen LogP contribution in [0.5, 0.6) is 0 Å². The van der Waals surface area contributed by atoms with E-state index < -0.39 is 23.1 Å². The molecule has 0 saturated heterocycles. The molecule has 0 bridgehead atoms. The number of hydrogen-bond acceptors (Lipinski definition) is 6. The van der Waals surface area contributed by atoms with Gasteiger partial charge in [0.25, 0.3) is 11.5 Å². The van der Waals surface area contributed by atoms with Crippen molar-refractivity contribution in [2.24, 2.45) is 0 Å². The van der Waals surface area contributed by atoms with Crippen LogP contribution in [-0.2, 0) is 16.1 Å². The molecule has 0 unspecified atom stereocenters. The van der Waals surface area contributed by atoms with Crippen LogP contribution in [0.25, 0.3) is 0 Å². The molecule has 1 amide bonds. The molecule has 0 atom stereocenters. The Morgan fingerprint density at radius 3 is 2.81 bits per heavy atom. The van der Waals surface area contributed by atoms with E-state index in [1.165, 1.54) is 24.2 Å². The summed E-state index contributed by atoms with van der Waals surface area (Å²) < 4.78 is 5.74. The zero-order valence-corrected chi connectivity index (χ0v) is 10.9. The Bertz CT molecular complexity index is 758. The van der Waals surface area contributed by atoms with Gasteiger partial charge in [-0.15, -0.1) is 0 Å². The minimum Gasteiger partial charge on any atom is -0.468 e. The third-order valence-corrected chi connectivity index (χ3v) is 2.41. The molecule has 0 radical (unpaired) electrons. The van der Waals surface area contributed by atoms with Gasteiger partial charge >= 0.3 is 11.7 Å². The second-order valence-corrected chi connectivity index (χ2v) is 3.96. The lowest BCUT2D eigenvalue weighted by atomic mass is 10.3. The second-order valence-electron chi connectivity index (χ2n) is 3.96. The Kier molecular flexibility index (Phi) is 3.97. The minimum absolute atomic E-state index is 0.103. The number of nitrogens with zero attached hydrogens (tertiary/aromatic N) is 2. The van der Waals surface area contributed by atoms with Crippen molar-refractivity contribution in [2.75, 3.05) is 12.4 Å². The van der Waals surface area contributed by atoms with Crippen LogP contribution in [0.3, 0.4) is 0 Å². The van der Waals surface area contributed by atoms with E-state index in [0.717, 1.165) is 6.07 Å². The molecule has 2 rings (SSSR count). The Morgan fingerprint density at radius 2 is 2.14 bits per heavy atom. The summed E-state index contributed by atoms with van der Waals surface area (Å²) in [5.41, 5.74) is -1.37. The van der Waals surface area contributed by atoms with E-state index in [0.29, 0.717) is 5.69 Å². The van der Waals surface area contributed by atoms with Crippen molar-refractivity contribution in [3.8, 4) is 0 Å². The zero-order valence-electron chi connectivity index (χ0n) is 10.9. The average molecular weight is 293 g/mol. The number of aromatic amines is 2. The van der Waals surface area contributed by atoms with E-state index in [1.807, 2.05) is 4.98 Å². The molecule has 21 heavy (non-hydrogen) atoms. The van der Waals surface area contributed by atoms with Gasteiger partial charge in [-0.2, -0.15) is 5.10 Å². The van der Waals surface area contributed by atoms with Crippen molar-refractivity contribution in [3.05, 3.63) is 45.0 Å². The van der Waals surface area contributed by atoms with Crippen LogP contribution < -0.4 is 16.6 Å². The highest BCUT2D eigenvalue weighted by Gasteiger charge is 2.10. The van der Waals surface area contributed by atoms with Crippen LogP contribution in [-0.4, -0.2) is 38.7 Å². The molecular formula is C11H11N5O5. The standard InChI is InChI=1S/C11H11N5O5/c1-21-9(18)5-16-4-6(3-12-16)13-10(19)7-2-8(17)15-11(20)14-7/h2-4H,5H2,1H3,(H,13,19)(H2,14,15,17,20). The van der Waals surface area contributed by atoms with Crippen molar-refractivity contribution in [1.82, 2.24) is 19.7 Å². The molecular weight excluding hydrogens is 282 g/mol. The number of hydrogen-bond donors (Lipinski definition) is 3. The molecule has 0 aromatic carbocycles. The summed E-state index contributed by atoms with van der Waals surface area (Å²) >= 11 is 0. The summed E-state index contributed by atoms with van der Waals surface area (Å²) in [6.07, 6.45) is 2.71. The minimum atomic E-state index is -0.783. The summed E-state index contributed by atoms with van der Waals surface area (Å²) in [7, 11) is 1.25. The van der Waals surface area contributed by atoms with Crippen LogP contribution in [0.4, 0.5) is 5.69 Å². The van der Waals surface area contributed by atoms with Gasteiger partial charge in [-0.05, 0) is 0 Å². The van der Waals surface area contributed by atoms with Crippen LogP contribution >= 0.6 is 0 Å². The fourth-order valence-corrected chi connectivity index (χ4v) is 1.50. The lowest BCUT2D eigenvalue weighted by Crippen LogP contribution is -2.27. The van der Waals surface area contributed by atoms with Gasteiger partial charge in [0.15, 0.2) is 0 Å². The smallest absolute Gasteiger partial charge is 0.327 e. The summed E-state index contributed by atoms with van der Waals surface area (Å²) in [4.78, 5) is 49.2. The molecule has 3 N–H and O–H groups in total. The van der Waals surface area contributed by atoms with E-state index in [-0.39, 0.29) is 12.2 Å². The molecule has 0 spiro atoms.